The molecular weight excluding hydrogens is 863 g/mol. The molecule has 0 spiro atoms. The van der Waals surface area contributed by atoms with Crippen molar-refractivity contribution in [2.75, 3.05) is 0 Å². The number of hydrogen-bond acceptors (Lipinski definition) is 0. The van der Waals surface area contributed by atoms with Gasteiger partial charge in [0.05, 0.1) is 49.5 Å². The first-order valence-electron chi connectivity index (χ1n) is 29.2. The molecule has 0 aliphatic rings. The van der Waals surface area contributed by atoms with Crippen LogP contribution in [-0.2, 0) is 0 Å². The highest BCUT2D eigenvalue weighted by atomic mass is 28.3. The summed E-state index contributed by atoms with van der Waals surface area (Å²) in [5.74, 6) is 0. The second-order valence-electron chi connectivity index (χ2n) is 17.5. The van der Waals surface area contributed by atoms with Crippen molar-refractivity contribution in [3.8, 4) is 28.2 Å². The van der Waals surface area contributed by atoms with Crippen molar-refractivity contribution in [3.63, 3.8) is 0 Å². The van der Waals surface area contributed by atoms with Crippen LogP contribution < -0.4 is 20.7 Å². The van der Waals surface area contributed by atoms with Crippen molar-refractivity contribution in [2.24, 2.45) is 0 Å². The first kappa shape index (κ1) is 29.7. The number of aromatic nitrogens is 3. The van der Waals surface area contributed by atoms with Gasteiger partial charge in [-0.25, -0.2) is 0 Å². The van der Waals surface area contributed by atoms with Crippen LogP contribution in [0.3, 0.4) is 0 Å². The van der Waals surface area contributed by atoms with Gasteiger partial charge in [-0.1, -0.05) is 200 Å². The van der Waals surface area contributed by atoms with Crippen LogP contribution in [-0.4, -0.2) is 21.8 Å². The highest BCUT2D eigenvalue weighted by molar-refractivity contribution is 7.20. The lowest BCUT2D eigenvalue weighted by molar-refractivity contribution is 1.17. The Hall–Kier alpha value is -8.96. The van der Waals surface area contributed by atoms with Crippen LogP contribution in [0.5, 0.6) is 0 Å². The Balaban J connectivity index is 1.06. The number of hydrogen-bond donors (Lipinski definition) is 0. The van der Waals surface area contributed by atoms with Gasteiger partial charge in [-0.15, -0.1) is 0 Å². The number of para-hydroxylation sites is 4. The Morgan fingerprint density at radius 1 is 0.300 bits per heavy atom. The van der Waals surface area contributed by atoms with Crippen LogP contribution in [0.15, 0.2) is 273 Å². The van der Waals surface area contributed by atoms with E-state index in [1.165, 1.54) is 5.39 Å². The molecule has 4 heteroatoms. The lowest BCUT2D eigenvalue weighted by Gasteiger charge is -2.35. The molecule has 11 aromatic carbocycles. The zero-order valence-corrected chi connectivity index (χ0v) is 38.4. The third kappa shape index (κ3) is 6.00. The molecule has 0 unspecified atom stereocenters. The zero-order valence-electron chi connectivity index (χ0n) is 49.4. The molecule has 3 aromatic heterocycles. The number of benzene rings is 11. The molecule has 0 fully saturated rings. The van der Waals surface area contributed by atoms with Crippen LogP contribution in [0.2, 0.25) is 0 Å². The SMILES string of the molecule is [2H]c1c([2H])c([2H])c(-n2c3c([2H])c([2H])c([2H])c([2H])c3c3c([2H])c([Si](c4ccccc4)(c4ccccc4)c4cccc(-n5c6ccccc6c6cc(-n7c8ccccc8c8c(-c9ccccc9)cccc87)ccc65)c4)c([2H])c([2H])c32)c([2H])c1[2H]. The van der Waals surface area contributed by atoms with E-state index in [1.807, 2.05) is 97.1 Å². The predicted molar refractivity (Wildman–Crippen MR) is 299 cm³/mol. The zero-order chi connectivity index (χ0) is 56.6. The largest absolute Gasteiger partial charge is 0.309 e. The Kier molecular flexibility index (Phi) is 6.83. The minimum atomic E-state index is -4.08. The quantitative estimate of drug-likeness (QED) is 0.107. The van der Waals surface area contributed by atoms with Gasteiger partial charge in [0.2, 0.25) is 0 Å². The van der Waals surface area contributed by atoms with E-state index in [0.29, 0.717) is 0 Å². The van der Waals surface area contributed by atoms with Crippen molar-refractivity contribution in [1.29, 1.82) is 0 Å². The van der Waals surface area contributed by atoms with E-state index in [9.17, 15) is 6.85 Å². The van der Waals surface area contributed by atoms with E-state index in [-0.39, 0.29) is 39.1 Å². The molecule has 0 bridgehead atoms. The summed E-state index contributed by atoms with van der Waals surface area (Å²) in [7, 11) is -4.08. The van der Waals surface area contributed by atoms with Gasteiger partial charge in [-0.05, 0) is 105 Å². The molecule has 0 radical (unpaired) electrons. The molecule has 70 heavy (non-hydrogen) atoms. The molecule has 0 aliphatic carbocycles. The summed E-state index contributed by atoms with van der Waals surface area (Å²) in [6.45, 7) is 0. The summed E-state index contributed by atoms with van der Waals surface area (Å²) >= 11 is 0. The van der Waals surface area contributed by atoms with Crippen LogP contribution in [0.1, 0.15) is 16.4 Å². The number of fused-ring (bicyclic) bond motifs is 9. The first-order valence-corrected chi connectivity index (χ1v) is 25.2. The monoisotopic (exact) mass is 919 g/mol. The Morgan fingerprint density at radius 3 is 1.63 bits per heavy atom. The summed E-state index contributed by atoms with van der Waals surface area (Å²) in [6, 6.07) is 60.8. The van der Waals surface area contributed by atoms with Crippen LogP contribution in [0.25, 0.3) is 93.6 Å². The summed E-state index contributed by atoms with van der Waals surface area (Å²) in [5.41, 5.74) is 7.11. The molecule has 14 rings (SSSR count). The van der Waals surface area contributed by atoms with E-state index in [4.69, 9.17) is 9.60 Å². The van der Waals surface area contributed by atoms with E-state index >= 15 is 0 Å². The second-order valence-corrected chi connectivity index (χ2v) is 21.2. The normalized spacial score (nSPS) is 14.4. The molecule has 0 aliphatic heterocycles. The minimum absolute atomic E-state index is 0.109. The predicted octanol–water partition coefficient (Wildman–Crippen LogP) is 14.0. The molecule has 3 heterocycles. The first-order chi connectivity index (χ1) is 39.7. The Morgan fingerprint density at radius 2 is 0.857 bits per heavy atom. The highest BCUT2D eigenvalue weighted by Gasteiger charge is 2.42. The smallest absolute Gasteiger partial charge is 0.179 e. The van der Waals surface area contributed by atoms with Crippen molar-refractivity contribution in [1.82, 2.24) is 13.7 Å². The molecule has 0 N–H and O–H groups in total. The average Bonchev–Trinajstić information content (AvgIpc) is 1.70. The summed E-state index contributed by atoms with van der Waals surface area (Å²) in [5, 5.41) is 6.53. The Labute approximate surface area is 423 Å². The molecule has 0 atom stereocenters. The van der Waals surface area contributed by atoms with Crippen LogP contribution in [0.4, 0.5) is 0 Å². The van der Waals surface area contributed by atoms with E-state index in [2.05, 4.69) is 112 Å². The van der Waals surface area contributed by atoms with Crippen LogP contribution in [0, 0.1) is 0 Å². The maximum Gasteiger partial charge on any atom is 0.179 e. The van der Waals surface area contributed by atoms with Crippen molar-refractivity contribution >= 4 is 94.2 Å². The standard InChI is InChI=1S/C66H45N3Si/c1-5-21-46(22-6-1)54-34-20-38-65-66(54)57-33-15-18-37-62(57)69(65)49-39-41-63-58(44-49)55-31-13-17-36-61(55)68(63)48-25-19-30-52(43-48)70(50-26-9-3-10-27-50,51-28-11-4-12-29-51)53-40-42-64-59(45-53)56-32-14-16-35-60(56)67(64)47-23-7-2-8-24-47/h1-45H/i2D,7D,8D,14D,16D,23D,24D,32D,35D,40D,42D,45D. The summed E-state index contributed by atoms with van der Waals surface area (Å²) in [4.78, 5) is 0. The average molecular weight is 920 g/mol. The fourth-order valence-corrected chi connectivity index (χ4v) is 15.5. The van der Waals surface area contributed by atoms with Gasteiger partial charge >= 0.3 is 0 Å². The van der Waals surface area contributed by atoms with E-state index in [0.717, 1.165) is 80.9 Å². The molecule has 3 nitrogen and oxygen atoms in total. The molecule has 0 amide bonds. The fourth-order valence-electron chi connectivity index (χ4n) is 11.0. The van der Waals surface area contributed by atoms with Crippen molar-refractivity contribution in [2.45, 2.75) is 0 Å². The molecule has 14 aromatic rings. The lowest BCUT2D eigenvalue weighted by atomic mass is 9.99. The maximum absolute atomic E-state index is 10.7. The fraction of sp³-hybridized carbons (Fsp3) is 0. The van der Waals surface area contributed by atoms with Gasteiger partial charge in [0, 0.05) is 49.4 Å². The van der Waals surface area contributed by atoms with Gasteiger partial charge in [-0.2, -0.15) is 0 Å². The molecule has 0 saturated heterocycles. The van der Waals surface area contributed by atoms with Gasteiger partial charge in [0.1, 0.15) is 0 Å². The van der Waals surface area contributed by atoms with Gasteiger partial charge < -0.3 is 13.7 Å². The summed E-state index contributed by atoms with van der Waals surface area (Å²) < 4.78 is 117. The van der Waals surface area contributed by atoms with Gasteiger partial charge in [-0.3, -0.25) is 0 Å². The minimum Gasteiger partial charge on any atom is -0.309 e. The van der Waals surface area contributed by atoms with Crippen molar-refractivity contribution in [3.05, 3.63) is 273 Å². The third-order valence-electron chi connectivity index (χ3n) is 13.9. The third-order valence-corrected chi connectivity index (χ3v) is 18.5. The Bertz CT molecular complexity index is 4950. The van der Waals surface area contributed by atoms with Crippen LogP contribution >= 0.6 is 0 Å². The number of nitrogens with zero attached hydrogens (tertiary/aromatic N) is 3. The second kappa shape index (κ2) is 16.1. The maximum atomic E-state index is 10.7. The lowest BCUT2D eigenvalue weighted by Crippen LogP contribution is -2.74. The molecule has 328 valence electrons. The number of rotatable bonds is 8. The highest BCUT2D eigenvalue weighted by Crippen LogP contribution is 2.40. The summed E-state index contributed by atoms with van der Waals surface area (Å²) in [6.07, 6.45) is 0. The molecular formula is C66H45N3Si. The topological polar surface area (TPSA) is 14.8 Å². The molecule has 0 saturated carbocycles. The van der Waals surface area contributed by atoms with Gasteiger partial charge in [0.25, 0.3) is 0 Å². The van der Waals surface area contributed by atoms with Crippen molar-refractivity contribution < 1.29 is 16.4 Å². The van der Waals surface area contributed by atoms with E-state index in [1.54, 1.807) is 0 Å². The van der Waals surface area contributed by atoms with Gasteiger partial charge in [0.15, 0.2) is 8.07 Å². The van der Waals surface area contributed by atoms with E-state index < -0.39 is 74.2 Å².